The van der Waals surface area contributed by atoms with Crippen LogP contribution in [0.4, 0.5) is 0 Å². The number of fused-ring (bicyclic) bond motifs is 3. The Morgan fingerprint density at radius 1 is 1.14 bits per heavy atom. The predicted octanol–water partition coefficient (Wildman–Crippen LogP) is 1.66. The second-order valence-electron chi connectivity index (χ2n) is 7.89. The van der Waals surface area contributed by atoms with Crippen molar-refractivity contribution in [3.05, 3.63) is 40.9 Å². The van der Waals surface area contributed by atoms with Crippen molar-refractivity contribution in [3.63, 3.8) is 0 Å². The highest BCUT2D eigenvalue weighted by Gasteiger charge is 2.35. The SMILES string of the molecule is O=C(Cn1cnc2c(oc3ccccc32)c1=O)NC1CCN(C(=O)C2CC2)CC1. The van der Waals surface area contributed by atoms with Crippen molar-refractivity contribution in [2.45, 2.75) is 38.3 Å². The highest BCUT2D eigenvalue weighted by Crippen LogP contribution is 2.31. The van der Waals surface area contributed by atoms with Gasteiger partial charge in [0.15, 0.2) is 0 Å². The molecule has 1 saturated carbocycles. The van der Waals surface area contributed by atoms with Crippen LogP contribution in [0.1, 0.15) is 25.7 Å². The Bertz CT molecular complexity index is 1150. The number of hydrogen-bond donors (Lipinski definition) is 1. The van der Waals surface area contributed by atoms with E-state index in [4.69, 9.17) is 4.42 Å². The molecule has 0 atom stereocenters. The van der Waals surface area contributed by atoms with Gasteiger partial charge in [0.05, 0.1) is 6.33 Å². The van der Waals surface area contributed by atoms with E-state index in [-0.39, 0.29) is 41.5 Å². The smallest absolute Gasteiger partial charge is 0.297 e. The fraction of sp³-hybridized carbons (Fsp3) is 0.429. The lowest BCUT2D eigenvalue weighted by molar-refractivity contribution is -0.133. The molecule has 5 rings (SSSR count). The summed E-state index contributed by atoms with van der Waals surface area (Å²) in [5.41, 5.74) is 0.899. The standard InChI is InChI=1S/C21H22N4O4/c26-17(23-14-7-9-24(10-8-14)20(27)13-5-6-13)11-25-12-22-18-15-3-1-2-4-16(15)29-19(18)21(25)28/h1-4,12-14H,5-11H2,(H,23,26). The molecule has 3 heterocycles. The van der Waals surface area contributed by atoms with Gasteiger partial charge in [0, 0.05) is 30.4 Å². The third-order valence-corrected chi connectivity index (χ3v) is 5.76. The van der Waals surface area contributed by atoms with Crippen LogP contribution in [0.3, 0.4) is 0 Å². The van der Waals surface area contributed by atoms with E-state index in [1.165, 1.54) is 10.9 Å². The van der Waals surface area contributed by atoms with Crippen LogP contribution in [0.2, 0.25) is 0 Å². The summed E-state index contributed by atoms with van der Waals surface area (Å²) in [5, 5.41) is 3.76. The minimum atomic E-state index is -0.369. The van der Waals surface area contributed by atoms with Crippen LogP contribution in [0, 0.1) is 5.92 Å². The third-order valence-electron chi connectivity index (χ3n) is 5.76. The molecule has 29 heavy (non-hydrogen) atoms. The first-order valence-electron chi connectivity index (χ1n) is 10.0. The minimum Gasteiger partial charge on any atom is -0.448 e. The average molecular weight is 394 g/mol. The van der Waals surface area contributed by atoms with Crippen molar-refractivity contribution in [2.24, 2.45) is 5.92 Å². The van der Waals surface area contributed by atoms with Gasteiger partial charge in [-0.15, -0.1) is 0 Å². The van der Waals surface area contributed by atoms with Crippen LogP contribution in [0.15, 0.2) is 39.8 Å². The van der Waals surface area contributed by atoms with Crippen LogP contribution in [-0.2, 0) is 16.1 Å². The summed E-state index contributed by atoms with van der Waals surface area (Å²) in [6, 6.07) is 7.35. The molecule has 1 aliphatic heterocycles. The molecule has 1 saturated heterocycles. The molecule has 0 spiro atoms. The summed E-state index contributed by atoms with van der Waals surface area (Å²) in [7, 11) is 0. The lowest BCUT2D eigenvalue weighted by Crippen LogP contribution is -2.48. The van der Waals surface area contributed by atoms with Crippen LogP contribution in [0.25, 0.3) is 22.1 Å². The number of nitrogens with zero attached hydrogens (tertiary/aromatic N) is 3. The molecule has 1 N–H and O–H groups in total. The second-order valence-corrected chi connectivity index (χ2v) is 7.89. The maximum Gasteiger partial charge on any atom is 0.297 e. The van der Waals surface area contributed by atoms with Crippen molar-refractivity contribution in [1.29, 1.82) is 0 Å². The number of amides is 2. The molecule has 8 nitrogen and oxygen atoms in total. The summed E-state index contributed by atoms with van der Waals surface area (Å²) in [6.07, 6.45) is 4.88. The summed E-state index contributed by atoms with van der Waals surface area (Å²) in [6.45, 7) is 1.24. The predicted molar refractivity (Wildman–Crippen MR) is 106 cm³/mol. The van der Waals surface area contributed by atoms with Gasteiger partial charge < -0.3 is 14.6 Å². The molecule has 0 bridgehead atoms. The van der Waals surface area contributed by atoms with Gasteiger partial charge in [-0.1, -0.05) is 12.1 Å². The Balaban J connectivity index is 1.24. The zero-order valence-electron chi connectivity index (χ0n) is 16.0. The van der Waals surface area contributed by atoms with Crippen molar-refractivity contribution >= 4 is 33.9 Å². The van der Waals surface area contributed by atoms with E-state index in [1.807, 2.05) is 23.1 Å². The molecule has 1 aromatic carbocycles. The number of rotatable bonds is 4. The van der Waals surface area contributed by atoms with E-state index in [2.05, 4.69) is 10.3 Å². The number of hydrogen-bond acceptors (Lipinski definition) is 5. The highest BCUT2D eigenvalue weighted by molar-refractivity contribution is 6.01. The van der Waals surface area contributed by atoms with Gasteiger partial charge in [0.1, 0.15) is 17.6 Å². The number of para-hydroxylation sites is 1. The molecule has 150 valence electrons. The average Bonchev–Trinajstić information content (AvgIpc) is 3.51. The first-order chi connectivity index (χ1) is 14.1. The lowest BCUT2D eigenvalue weighted by atomic mass is 10.0. The number of furan rings is 1. The van der Waals surface area contributed by atoms with E-state index in [9.17, 15) is 14.4 Å². The summed E-state index contributed by atoms with van der Waals surface area (Å²) in [5.74, 6) is 0.247. The van der Waals surface area contributed by atoms with Gasteiger partial charge in [0.25, 0.3) is 5.56 Å². The quantitative estimate of drug-likeness (QED) is 0.726. The Hall–Kier alpha value is -3.16. The molecular formula is C21H22N4O4. The number of piperidine rings is 1. The normalized spacial score (nSPS) is 17.7. The number of likely N-dealkylation sites (tertiary alicyclic amines) is 1. The Kier molecular flexibility index (Phi) is 4.34. The highest BCUT2D eigenvalue weighted by atomic mass is 16.3. The maximum absolute atomic E-state index is 12.7. The molecular weight excluding hydrogens is 372 g/mol. The molecule has 0 unspecified atom stereocenters. The zero-order chi connectivity index (χ0) is 20.0. The van der Waals surface area contributed by atoms with Crippen molar-refractivity contribution in [1.82, 2.24) is 19.8 Å². The largest absolute Gasteiger partial charge is 0.448 e. The lowest BCUT2D eigenvalue weighted by Gasteiger charge is -2.32. The number of nitrogens with one attached hydrogen (secondary N) is 1. The van der Waals surface area contributed by atoms with Crippen LogP contribution >= 0.6 is 0 Å². The van der Waals surface area contributed by atoms with Gasteiger partial charge in [-0.25, -0.2) is 4.98 Å². The van der Waals surface area contributed by atoms with E-state index >= 15 is 0 Å². The van der Waals surface area contributed by atoms with E-state index in [1.54, 1.807) is 6.07 Å². The van der Waals surface area contributed by atoms with Crippen LogP contribution < -0.4 is 10.9 Å². The molecule has 2 fully saturated rings. The van der Waals surface area contributed by atoms with E-state index < -0.39 is 0 Å². The van der Waals surface area contributed by atoms with E-state index in [0.717, 1.165) is 31.1 Å². The number of carbonyl (C=O) groups excluding carboxylic acids is 2. The third kappa shape index (κ3) is 3.39. The van der Waals surface area contributed by atoms with Gasteiger partial charge in [-0.2, -0.15) is 0 Å². The number of carbonyl (C=O) groups is 2. The Morgan fingerprint density at radius 3 is 2.66 bits per heavy atom. The summed E-state index contributed by atoms with van der Waals surface area (Å²) >= 11 is 0. The van der Waals surface area contributed by atoms with Gasteiger partial charge in [-0.3, -0.25) is 19.0 Å². The molecule has 2 aromatic heterocycles. The fourth-order valence-electron chi connectivity index (χ4n) is 3.99. The Labute approximate surface area is 166 Å². The van der Waals surface area contributed by atoms with Crippen molar-refractivity contribution in [2.75, 3.05) is 13.1 Å². The van der Waals surface area contributed by atoms with Gasteiger partial charge in [-0.05, 0) is 37.8 Å². The topological polar surface area (TPSA) is 97.4 Å². The number of benzene rings is 1. The van der Waals surface area contributed by atoms with Gasteiger partial charge in [0.2, 0.25) is 17.4 Å². The second kappa shape index (κ2) is 7.02. The molecule has 8 heteroatoms. The molecule has 2 aliphatic rings. The monoisotopic (exact) mass is 394 g/mol. The van der Waals surface area contributed by atoms with E-state index in [0.29, 0.717) is 24.2 Å². The summed E-state index contributed by atoms with van der Waals surface area (Å²) in [4.78, 5) is 43.5. The molecule has 0 radical (unpaired) electrons. The van der Waals surface area contributed by atoms with Gasteiger partial charge >= 0.3 is 0 Å². The number of aromatic nitrogens is 2. The molecule has 2 amide bonds. The summed E-state index contributed by atoms with van der Waals surface area (Å²) < 4.78 is 6.92. The minimum absolute atomic E-state index is 0.0179. The Morgan fingerprint density at radius 2 is 1.90 bits per heavy atom. The first kappa shape index (κ1) is 17.9. The van der Waals surface area contributed by atoms with Crippen LogP contribution in [-0.4, -0.2) is 45.4 Å². The molecule has 1 aliphatic carbocycles. The van der Waals surface area contributed by atoms with Crippen LogP contribution in [0.5, 0.6) is 0 Å². The first-order valence-corrected chi connectivity index (χ1v) is 10.0. The fourth-order valence-corrected chi connectivity index (χ4v) is 3.99. The maximum atomic E-state index is 12.7. The zero-order valence-corrected chi connectivity index (χ0v) is 16.0. The van der Waals surface area contributed by atoms with Crippen molar-refractivity contribution < 1.29 is 14.0 Å². The molecule has 3 aromatic rings. The van der Waals surface area contributed by atoms with Crippen molar-refractivity contribution in [3.8, 4) is 0 Å².